The molecule has 3 heteroatoms. The second-order valence-electron chi connectivity index (χ2n) is 3.58. The van der Waals surface area contributed by atoms with E-state index in [1.54, 1.807) is 14.2 Å². The minimum absolute atomic E-state index is 1.22. The van der Waals surface area contributed by atoms with E-state index in [0.29, 0.717) is 0 Å². The first-order chi connectivity index (χ1) is 6.02. The van der Waals surface area contributed by atoms with Gasteiger partial charge in [0.15, 0.2) is 0 Å². The Bertz CT molecular complexity index is 274. The molecule has 0 N–H and O–H groups in total. The quantitative estimate of drug-likeness (QED) is 0.748. The summed E-state index contributed by atoms with van der Waals surface area (Å²) in [6, 6.07) is 10.2. The Labute approximate surface area is 82.2 Å². The molecule has 0 saturated heterocycles. The van der Waals surface area contributed by atoms with Crippen molar-refractivity contribution in [3.05, 3.63) is 30.3 Å². The molecule has 0 saturated carbocycles. The van der Waals surface area contributed by atoms with E-state index in [2.05, 4.69) is 21.4 Å². The van der Waals surface area contributed by atoms with E-state index in [-0.39, 0.29) is 0 Å². The molecule has 2 nitrogen and oxygen atoms in total. The second-order valence-corrected chi connectivity index (χ2v) is 23.1. The topological polar surface area (TPSA) is 18.5 Å². The molecule has 1 rings (SSSR count). The van der Waals surface area contributed by atoms with E-state index in [1.807, 2.05) is 18.2 Å². The molecular weight excluding hydrogens is 361 g/mol. The van der Waals surface area contributed by atoms with Crippen molar-refractivity contribution in [2.24, 2.45) is 0 Å². The fourth-order valence-corrected chi connectivity index (χ4v) is 7.29. The van der Waals surface area contributed by atoms with Gasteiger partial charge in [-0.15, -0.1) is 0 Å². The molecule has 0 aliphatic rings. The number of hydrogen-bond donors (Lipinski definition) is 0. The van der Waals surface area contributed by atoms with Gasteiger partial charge in [0.1, 0.15) is 0 Å². The average molecular weight is 378 g/mol. The van der Waals surface area contributed by atoms with Crippen LogP contribution in [0, 0.1) is 0 Å². The summed E-state index contributed by atoms with van der Waals surface area (Å²) in [5, 5.41) is 0. The molecular formula is C10H17BiO2. The third-order valence-corrected chi connectivity index (χ3v) is 17.6. The summed E-state index contributed by atoms with van der Waals surface area (Å²) in [6.07, 6.45) is 0. The van der Waals surface area contributed by atoms with Crippen LogP contribution in [0.3, 0.4) is 0 Å². The molecule has 0 radical (unpaired) electrons. The third-order valence-electron chi connectivity index (χ3n) is 2.55. The van der Waals surface area contributed by atoms with Gasteiger partial charge in [-0.3, -0.25) is 0 Å². The van der Waals surface area contributed by atoms with Crippen LogP contribution in [0.2, 0.25) is 9.26 Å². The van der Waals surface area contributed by atoms with Gasteiger partial charge >= 0.3 is 82.4 Å². The van der Waals surface area contributed by atoms with Crippen molar-refractivity contribution in [1.82, 2.24) is 0 Å². The maximum absolute atomic E-state index is 5.65. The van der Waals surface area contributed by atoms with E-state index < -0.39 is 19.7 Å². The van der Waals surface area contributed by atoms with E-state index >= 15 is 0 Å². The summed E-state index contributed by atoms with van der Waals surface area (Å²) in [6.45, 7) is 0. The summed E-state index contributed by atoms with van der Waals surface area (Å²) in [5.41, 5.74) is 0. The summed E-state index contributed by atoms with van der Waals surface area (Å²) in [4.78, 5) is 0. The monoisotopic (exact) mass is 378 g/mol. The molecule has 0 unspecified atom stereocenters. The first-order valence-corrected chi connectivity index (χ1v) is 15.7. The molecule has 0 aromatic heterocycles. The fourth-order valence-electron chi connectivity index (χ4n) is 1.13. The average Bonchev–Trinajstić information content (AvgIpc) is 2.20. The van der Waals surface area contributed by atoms with Gasteiger partial charge in [0, 0.05) is 0 Å². The van der Waals surface area contributed by atoms with Crippen molar-refractivity contribution in [3.8, 4) is 0 Å². The first-order valence-electron chi connectivity index (χ1n) is 4.21. The second kappa shape index (κ2) is 3.64. The van der Waals surface area contributed by atoms with Crippen molar-refractivity contribution < 1.29 is 5.63 Å². The van der Waals surface area contributed by atoms with Gasteiger partial charge < -0.3 is 0 Å². The van der Waals surface area contributed by atoms with Crippen molar-refractivity contribution in [2.75, 3.05) is 14.2 Å². The third kappa shape index (κ3) is 2.09. The van der Waals surface area contributed by atoms with Gasteiger partial charge in [-0.1, -0.05) is 0 Å². The molecule has 0 amide bonds. The first kappa shape index (κ1) is 11.1. The fraction of sp³-hybridized carbons (Fsp3) is 0.400. The Morgan fingerprint density at radius 1 is 0.923 bits per heavy atom. The molecule has 0 spiro atoms. The van der Waals surface area contributed by atoms with E-state index in [1.165, 1.54) is 3.27 Å². The number of rotatable bonds is 3. The van der Waals surface area contributed by atoms with E-state index in [4.69, 9.17) is 5.63 Å². The van der Waals surface area contributed by atoms with Crippen LogP contribution in [0.25, 0.3) is 0 Å². The molecule has 0 aliphatic carbocycles. The Morgan fingerprint density at radius 3 is 1.77 bits per heavy atom. The summed E-state index contributed by atoms with van der Waals surface area (Å²) in [5.74, 6) is 0. The molecule has 0 fully saturated rings. The van der Waals surface area contributed by atoms with Gasteiger partial charge in [0.05, 0.1) is 0 Å². The van der Waals surface area contributed by atoms with Gasteiger partial charge in [0.2, 0.25) is 0 Å². The summed E-state index contributed by atoms with van der Waals surface area (Å²) >= 11 is -3.50. The number of benzene rings is 1. The van der Waals surface area contributed by atoms with Crippen molar-refractivity contribution in [2.45, 2.75) is 9.26 Å². The van der Waals surface area contributed by atoms with Crippen LogP contribution in [0.15, 0.2) is 30.3 Å². The molecule has 13 heavy (non-hydrogen) atoms. The molecule has 74 valence electrons. The summed E-state index contributed by atoms with van der Waals surface area (Å²) < 4.78 is 16.8. The van der Waals surface area contributed by atoms with Gasteiger partial charge in [-0.05, 0) is 0 Å². The van der Waals surface area contributed by atoms with Crippen LogP contribution in [-0.4, -0.2) is 33.9 Å². The molecule has 0 heterocycles. The molecule has 0 atom stereocenters. The maximum atomic E-state index is 5.65. The molecule has 0 aliphatic heterocycles. The zero-order chi connectivity index (χ0) is 9.97. The molecule has 1 aromatic rings. The van der Waals surface area contributed by atoms with Crippen LogP contribution >= 0.6 is 0 Å². The zero-order valence-electron chi connectivity index (χ0n) is 8.65. The normalized spacial score (nSPS) is 14.9. The Balaban J connectivity index is 3.19. The van der Waals surface area contributed by atoms with Crippen LogP contribution in [0.4, 0.5) is 0 Å². The molecule has 1 aromatic carbocycles. The van der Waals surface area contributed by atoms with Crippen LogP contribution in [0.1, 0.15) is 0 Å². The Morgan fingerprint density at radius 2 is 1.38 bits per heavy atom. The van der Waals surface area contributed by atoms with Crippen LogP contribution < -0.4 is 3.27 Å². The summed E-state index contributed by atoms with van der Waals surface area (Å²) in [7, 11) is 3.48. The van der Waals surface area contributed by atoms with Gasteiger partial charge in [-0.2, -0.15) is 0 Å². The SMILES string of the molecule is C[O][Bi]([CH3])([CH3])([O]C)[c]1ccccc1. The zero-order valence-corrected chi connectivity index (χ0v) is 12.1. The minimum atomic E-state index is -3.50. The standard InChI is InChI=1S/C6H5.2CH3O.2CH3.Bi/c1-2-4-6-5-3-1;2*1-2;;;/h1-5H;2*1H3;2*1H3;/q;2*-1;;;+2. The Kier molecular flexibility index (Phi) is 3.11. The van der Waals surface area contributed by atoms with Crippen LogP contribution in [-0.2, 0) is 5.63 Å². The van der Waals surface area contributed by atoms with Gasteiger partial charge in [0.25, 0.3) is 0 Å². The van der Waals surface area contributed by atoms with Crippen LogP contribution in [0.5, 0.6) is 0 Å². The van der Waals surface area contributed by atoms with Crippen molar-refractivity contribution in [1.29, 1.82) is 0 Å². The predicted molar refractivity (Wildman–Crippen MR) is 57.6 cm³/mol. The molecule has 0 bridgehead atoms. The van der Waals surface area contributed by atoms with Gasteiger partial charge in [-0.25, -0.2) is 0 Å². The Hall–Kier alpha value is 0.0231. The van der Waals surface area contributed by atoms with Crippen molar-refractivity contribution >= 4 is 22.9 Å². The van der Waals surface area contributed by atoms with Crippen molar-refractivity contribution in [3.63, 3.8) is 0 Å². The van der Waals surface area contributed by atoms with E-state index in [0.717, 1.165) is 0 Å². The van der Waals surface area contributed by atoms with E-state index in [9.17, 15) is 0 Å². The number of hydrogen-bond acceptors (Lipinski definition) is 2. The predicted octanol–water partition coefficient (Wildman–Crippen LogP) is 1.84.